The maximum Gasteiger partial charge on any atom is 0.343 e. The first-order valence-corrected chi connectivity index (χ1v) is 14.2. The number of urea groups is 1. The molecule has 4 amide bonds. The monoisotopic (exact) mass is 676 g/mol. The minimum absolute atomic E-state index is 0.0680. The van der Waals surface area contributed by atoms with Gasteiger partial charge >= 0.3 is 12.0 Å². The van der Waals surface area contributed by atoms with Crippen molar-refractivity contribution in [2.45, 2.75) is 31.7 Å². The van der Waals surface area contributed by atoms with E-state index in [1.807, 2.05) is 0 Å². The fourth-order valence-electron chi connectivity index (χ4n) is 5.80. The third-order valence-electron chi connectivity index (χ3n) is 7.60. The number of halogens is 2. The fraction of sp³-hybridized carbons (Fsp3) is 0.357. The first kappa shape index (κ1) is 28.2. The first-order chi connectivity index (χ1) is 19.1. The normalized spacial score (nSPS) is 22.9. The molecule has 210 valence electrons. The summed E-state index contributed by atoms with van der Waals surface area (Å²) in [5, 5.41) is 2.31. The van der Waals surface area contributed by atoms with Crippen molar-refractivity contribution in [3.05, 3.63) is 49.9 Å². The van der Waals surface area contributed by atoms with Crippen LogP contribution in [0.15, 0.2) is 38.8 Å². The number of nitrogens with zero attached hydrogens (tertiary/aromatic N) is 1. The van der Waals surface area contributed by atoms with Crippen molar-refractivity contribution < 1.29 is 38.1 Å². The van der Waals surface area contributed by atoms with Gasteiger partial charge in [0, 0.05) is 16.1 Å². The van der Waals surface area contributed by atoms with Gasteiger partial charge in [-0.2, -0.15) is 0 Å². The second-order valence-corrected chi connectivity index (χ2v) is 11.6. The second-order valence-electron chi connectivity index (χ2n) is 9.84. The Balaban J connectivity index is 1.50. The van der Waals surface area contributed by atoms with E-state index in [1.165, 1.54) is 44.4 Å². The molecule has 5 rings (SSSR count). The quantitative estimate of drug-likeness (QED) is 0.186. The number of hydrogen-bond acceptors (Lipinski definition) is 8. The highest BCUT2D eigenvalue weighted by atomic mass is 79.9. The summed E-state index contributed by atoms with van der Waals surface area (Å²) in [4.78, 5) is 53.6. The standard InChI is InChI=1S/C28H26Br2N2O8/c1-37-21-10-16(11-22(38-2)24(21)39-3)27(35)40-23-15(8-17(29)12-19(23)30)9-18-25(33)31-28(36)32(26(18)34)20-7-13-4-5-14(20)6-13/h8-14,20H,4-7H2,1-3H3,(H,31,33,36)/b18-9-/t13-,14-,20-/m0/s1. The van der Waals surface area contributed by atoms with E-state index in [4.69, 9.17) is 18.9 Å². The maximum atomic E-state index is 13.5. The lowest BCUT2D eigenvalue weighted by Crippen LogP contribution is -2.58. The molecule has 0 aromatic heterocycles. The van der Waals surface area contributed by atoms with Gasteiger partial charge in [0.15, 0.2) is 17.2 Å². The largest absolute Gasteiger partial charge is 0.493 e. The number of nitrogens with one attached hydrogen (secondary N) is 1. The fourth-order valence-corrected chi connectivity index (χ4v) is 7.14. The Labute approximate surface area is 247 Å². The number of carbonyl (C=O) groups is 4. The van der Waals surface area contributed by atoms with Crippen LogP contribution >= 0.6 is 31.9 Å². The smallest absolute Gasteiger partial charge is 0.343 e. The summed E-state index contributed by atoms with van der Waals surface area (Å²) in [6, 6.07) is 5.22. The topological polar surface area (TPSA) is 120 Å². The molecule has 2 bridgehead atoms. The zero-order valence-electron chi connectivity index (χ0n) is 21.9. The number of fused-ring (bicyclic) bond motifs is 2. The minimum atomic E-state index is -0.813. The van der Waals surface area contributed by atoms with E-state index in [0.29, 0.717) is 20.6 Å². The van der Waals surface area contributed by atoms with Crippen molar-refractivity contribution in [2.75, 3.05) is 21.3 Å². The lowest BCUT2D eigenvalue weighted by molar-refractivity contribution is -0.132. The molecular formula is C28H26Br2N2O8. The van der Waals surface area contributed by atoms with Crippen LogP contribution in [0.25, 0.3) is 6.08 Å². The molecule has 3 aliphatic rings. The summed E-state index contributed by atoms with van der Waals surface area (Å²) in [5.74, 6) is -0.586. The summed E-state index contributed by atoms with van der Waals surface area (Å²) >= 11 is 6.82. The molecule has 2 aliphatic carbocycles. The van der Waals surface area contributed by atoms with Gasteiger partial charge in [0.1, 0.15) is 5.57 Å². The molecule has 1 saturated heterocycles. The van der Waals surface area contributed by atoms with E-state index < -0.39 is 23.8 Å². The Morgan fingerprint density at radius 3 is 2.23 bits per heavy atom. The van der Waals surface area contributed by atoms with E-state index in [0.717, 1.165) is 25.7 Å². The lowest BCUT2D eigenvalue weighted by atomic mass is 9.93. The highest BCUT2D eigenvalue weighted by molar-refractivity contribution is 9.11. The van der Waals surface area contributed by atoms with Crippen molar-refractivity contribution in [3.8, 4) is 23.0 Å². The number of imide groups is 2. The van der Waals surface area contributed by atoms with Gasteiger partial charge in [-0.05, 0) is 77.4 Å². The van der Waals surface area contributed by atoms with Crippen molar-refractivity contribution in [3.63, 3.8) is 0 Å². The molecule has 1 N–H and O–H groups in total. The van der Waals surface area contributed by atoms with E-state index in [2.05, 4.69) is 37.2 Å². The zero-order chi connectivity index (χ0) is 28.7. The van der Waals surface area contributed by atoms with Gasteiger partial charge in [-0.1, -0.05) is 22.4 Å². The van der Waals surface area contributed by atoms with Gasteiger partial charge in [-0.3, -0.25) is 19.8 Å². The number of hydrogen-bond donors (Lipinski definition) is 1. The van der Waals surface area contributed by atoms with E-state index >= 15 is 0 Å². The average Bonchev–Trinajstić information content (AvgIpc) is 3.55. The Morgan fingerprint density at radius 1 is 0.950 bits per heavy atom. The summed E-state index contributed by atoms with van der Waals surface area (Å²) in [5.41, 5.74) is 0.155. The minimum Gasteiger partial charge on any atom is -0.493 e. The van der Waals surface area contributed by atoms with Gasteiger partial charge in [0.25, 0.3) is 11.8 Å². The molecule has 1 heterocycles. The van der Waals surface area contributed by atoms with Crippen LogP contribution in [0.3, 0.4) is 0 Å². The van der Waals surface area contributed by atoms with Gasteiger partial charge in [0.05, 0.1) is 31.4 Å². The number of amides is 4. The SMILES string of the molecule is COc1cc(C(=O)Oc2c(Br)cc(Br)cc2/C=C2/C(=O)NC(=O)N([C@H]3C[C@H]4CC[C@H]3C4)C2=O)cc(OC)c1OC. The van der Waals surface area contributed by atoms with Gasteiger partial charge in [-0.15, -0.1) is 0 Å². The molecule has 0 unspecified atom stereocenters. The van der Waals surface area contributed by atoms with Crippen LogP contribution < -0.4 is 24.3 Å². The molecule has 3 atom stereocenters. The van der Waals surface area contributed by atoms with Crippen LogP contribution in [-0.4, -0.2) is 56.1 Å². The average molecular weight is 678 g/mol. The molecule has 0 spiro atoms. The van der Waals surface area contributed by atoms with Gasteiger partial charge in [0.2, 0.25) is 5.75 Å². The lowest BCUT2D eigenvalue weighted by Gasteiger charge is -2.35. The number of methoxy groups -OCH3 is 3. The van der Waals surface area contributed by atoms with E-state index in [-0.39, 0.29) is 45.9 Å². The van der Waals surface area contributed by atoms with Crippen LogP contribution in [0.1, 0.15) is 41.6 Å². The summed E-state index contributed by atoms with van der Waals surface area (Å²) in [6.07, 6.45) is 5.11. The van der Waals surface area contributed by atoms with Crippen molar-refractivity contribution in [1.29, 1.82) is 0 Å². The van der Waals surface area contributed by atoms with Crippen molar-refractivity contribution in [2.24, 2.45) is 11.8 Å². The van der Waals surface area contributed by atoms with Crippen LogP contribution in [0.2, 0.25) is 0 Å². The predicted molar refractivity (Wildman–Crippen MR) is 150 cm³/mol. The molecule has 2 aromatic rings. The number of carbonyl (C=O) groups excluding carboxylic acids is 4. The van der Waals surface area contributed by atoms with Gasteiger partial charge in [-0.25, -0.2) is 9.59 Å². The van der Waals surface area contributed by atoms with Crippen LogP contribution in [0.5, 0.6) is 23.0 Å². The zero-order valence-corrected chi connectivity index (χ0v) is 25.1. The highest BCUT2D eigenvalue weighted by Crippen LogP contribution is 2.47. The summed E-state index contributed by atoms with van der Waals surface area (Å²) in [6.45, 7) is 0. The molecule has 10 nitrogen and oxygen atoms in total. The molecule has 1 aliphatic heterocycles. The molecule has 40 heavy (non-hydrogen) atoms. The molecule has 2 aromatic carbocycles. The molecule has 12 heteroatoms. The van der Waals surface area contributed by atoms with Crippen molar-refractivity contribution in [1.82, 2.24) is 10.2 Å². The summed E-state index contributed by atoms with van der Waals surface area (Å²) in [7, 11) is 4.31. The number of rotatable bonds is 7. The molecule has 2 saturated carbocycles. The number of ether oxygens (including phenoxy) is 4. The number of benzene rings is 2. The third kappa shape index (κ3) is 5.10. The number of barbiturate groups is 1. The van der Waals surface area contributed by atoms with Crippen molar-refractivity contribution >= 4 is 61.8 Å². The van der Waals surface area contributed by atoms with Gasteiger partial charge < -0.3 is 18.9 Å². The Hall–Kier alpha value is -3.38. The number of esters is 1. The first-order valence-electron chi connectivity index (χ1n) is 12.6. The maximum absolute atomic E-state index is 13.5. The molecule has 3 fully saturated rings. The van der Waals surface area contributed by atoms with E-state index in [1.54, 1.807) is 12.1 Å². The Bertz CT molecular complexity index is 1430. The Kier molecular flexibility index (Phi) is 7.92. The molecular weight excluding hydrogens is 652 g/mol. The molecule has 0 radical (unpaired) electrons. The second kappa shape index (κ2) is 11.2. The van der Waals surface area contributed by atoms with Crippen LogP contribution in [-0.2, 0) is 9.59 Å². The highest BCUT2D eigenvalue weighted by Gasteiger charge is 2.49. The van der Waals surface area contributed by atoms with E-state index in [9.17, 15) is 19.2 Å². The predicted octanol–water partition coefficient (Wildman–Crippen LogP) is 5.11. The van der Waals surface area contributed by atoms with Crippen LogP contribution in [0, 0.1) is 11.8 Å². The van der Waals surface area contributed by atoms with Crippen LogP contribution in [0.4, 0.5) is 4.79 Å². The summed E-state index contributed by atoms with van der Waals surface area (Å²) < 4.78 is 22.7. The third-order valence-corrected chi connectivity index (χ3v) is 8.64. The Morgan fingerprint density at radius 2 is 1.65 bits per heavy atom.